The summed E-state index contributed by atoms with van der Waals surface area (Å²) in [7, 11) is 0. The van der Waals surface area contributed by atoms with Crippen LogP contribution in [0.1, 0.15) is 30.8 Å². The molecule has 0 saturated carbocycles. The summed E-state index contributed by atoms with van der Waals surface area (Å²) in [5, 5.41) is 3.25. The maximum Gasteiger partial charge on any atom is 0.222 e. The lowest BCUT2D eigenvalue weighted by atomic mass is 10.3. The Morgan fingerprint density at radius 3 is 3.00 bits per heavy atom. The van der Waals surface area contributed by atoms with E-state index in [-0.39, 0.29) is 5.91 Å². The van der Waals surface area contributed by atoms with Crippen LogP contribution >= 0.6 is 0 Å². The Hall–Kier alpha value is -1.69. The van der Waals surface area contributed by atoms with Crippen molar-refractivity contribution in [1.29, 1.82) is 0 Å². The molecule has 0 aliphatic carbocycles. The minimum Gasteiger partial charge on any atom is -0.370 e. The van der Waals surface area contributed by atoms with E-state index in [0.717, 1.165) is 49.8 Å². The summed E-state index contributed by atoms with van der Waals surface area (Å²) in [6.07, 6.45) is 2.63. The van der Waals surface area contributed by atoms with Gasteiger partial charge in [-0.05, 0) is 19.8 Å². The Labute approximate surface area is 113 Å². The number of hydrogen-bond acceptors (Lipinski definition) is 5. The van der Waals surface area contributed by atoms with E-state index in [2.05, 4.69) is 15.3 Å². The molecular formula is C13H21N5O. The van der Waals surface area contributed by atoms with Crippen molar-refractivity contribution in [3.8, 4) is 0 Å². The van der Waals surface area contributed by atoms with Crippen LogP contribution in [0.3, 0.4) is 0 Å². The fourth-order valence-corrected chi connectivity index (χ4v) is 2.25. The minimum absolute atomic E-state index is 0.281. The molecular weight excluding hydrogens is 242 g/mol. The second-order valence-electron chi connectivity index (χ2n) is 4.76. The zero-order chi connectivity index (χ0) is 13.7. The van der Waals surface area contributed by atoms with Gasteiger partial charge in [0.2, 0.25) is 5.91 Å². The molecule has 1 saturated heterocycles. The van der Waals surface area contributed by atoms with Gasteiger partial charge in [-0.15, -0.1) is 0 Å². The Kier molecular flexibility index (Phi) is 4.68. The van der Waals surface area contributed by atoms with Gasteiger partial charge in [-0.2, -0.15) is 0 Å². The van der Waals surface area contributed by atoms with Crippen LogP contribution in [0.4, 0.5) is 5.82 Å². The van der Waals surface area contributed by atoms with Crippen LogP contribution < -0.4 is 11.1 Å². The van der Waals surface area contributed by atoms with Crippen molar-refractivity contribution in [2.24, 2.45) is 5.73 Å². The largest absolute Gasteiger partial charge is 0.370 e. The number of rotatable bonds is 6. The van der Waals surface area contributed by atoms with Crippen molar-refractivity contribution >= 4 is 11.7 Å². The van der Waals surface area contributed by atoms with Gasteiger partial charge in [0.25, 0.3) is 0 Å². The molecule has 19 heavy (non-hydrogen) atoms. The van der Waals surface area contributed by atoms with Gasteiger partial charge in [-0.3, -0.25) is 4.79 Å². The van der Waals surface area contributed by atoms with Crippen molar-refractivity contribution in [2.45, 2.75) is 32.7 Å². The molecule has 2 heterocycles. The average Bonchev–Trinajstić information content (AvgIpc) is 2.80. The summed E-state index contributed by atoms with van der Waals surface area (Å²) < 4.78 is 0. The monoisotopic (exact) mass is 263 g/mol. The first-order chi connectivity index (χ1) is 9.19. The summed E-state index contributed by atoms with van der Waals surface area (Å²) in [4.78, 5) is 21.9. The highest BCUT2D eigenvalue weighted by Gasteiger charge is 2.18. The Morgan fingerprint density at radius 1 is 1.47 bits per heavy atom. The minimum atomic E-state index is 0.281. The van der Waals surface area contributed by atoms with Crippen molar-refractivity contribution in [1.82, 2.24) is 14.9 Å². The molecule has 0 radical (unpaired) electrons. The number of carbonyl (C=O) groups excluding carboxylic acids is 1. The number of nitrogens with one attached hydrogen (secondary N) is 1. The molecule has 6 nitrogen and oxygen atoms in total. The number of nitrogens with two attached hydrogens (primary N) is 1. The standard InChI is InChI=1S/C13H21N5O/c1-10-16-11(9-14)8-12(17-10)15-5-3-7-18-6-2-4-13(18)19/h8H,2-7,9,14H2,1H3,(H,15,16,17). The number of anilines is 1. The van der Waals surface area contributed by atoms with E-state index in [4.69, 9.17) is 5.73 Å². The van der Waals surface area contributed by atoms with Crippen molar-refractivity contribution in [2.75, 3.05) is 25.0 Å². The zero-order valence-corrected chi connectivity index (χ0v) is 11.4. The zero-order valence-electron chi connectivity index (χ0n) is 11.4. The molecule has 2 rings (SSSR count). The summed E-state index contributed by atoms with van der Waals surface area (Å²) in [5.74, 6) is 1.81. The molecule has 1 aromatic heterocycles. The Balaban J connectivity index is 1.76. The molecule has 104 valence electrons. The van der Waals surface area contributed by atoms with E-state index in [9.17, 15) is 4.79 Å². The molecule has 1 amide bonds. The number of amides is 1. The van der Waals surface area contributed by atoms with Gasteiger partial charge in [0.05, 0.1) is 5.69 Å². The SMILES string of the molecule is Cc1nc(CN)cc(NCCCN2CCCC2=O)n1. The van der Waals surface area contributed by atoms with Crippen LogP contribution in [0.25, 0.3) is 0 Å². The molecule has 1 fully saturated rings. The smallest absolute Gasteiger partial charge is 0.222 e. The van der Waals surface area contributed by atoms with Crippen LogP contribution in [0.2, 0.25) is 0 Å². The maximum absolute atomic E-state index is 11.4. The van der Waals surface area contributed by atoms with Crippen molar-refractivity contribution < 1.29 is 4.79 Å². The van der Waals surface area contributed by atoms with E-state index in [1.54, 1.807) is 0 Å². The van der Waals surface area contributed by atoms with Gasteiger partial charge in [0, 0.05) is 38.7 Å². The molecule has 1 aliphatic heterocycles. The topological polar surface area (TPSA) is 84.1 Å². The fourth-order valence-electron chi connectivity index (χ4n) is 2.25. The van der Waals surface area contributed by atoms with Crippen LogP contribution in [0.15, 0.2) is 6.07 Å². The lowest BCUT2D eigenvalue weighted by Crippen LogP contribution is -2.27. The molecule has 0 aromatic carbocycles. The highest BCUT2D eigenvalue weighted by atomic mass is 16.2. The average molecular weight is 263 g/mol. The van der Waals surface area contributed by atoms with Crippen LogP contribution in [0.5, 0.6) is 0 Å². The highest BCUT2D eigenvalue weighted by molar-refractivity contribution is 5.77. The third kappa shape index (κ3) is 3.89. The first kappa shape index (κ1) is 13.7. The lowest BCUT2D eigenvalue weighted by molar-refractivity contribution is -0.127. The fraction of sp³-hybridized carbons (Fsp3) is 0.615. The second kappa shape index (κ2) is 6.47. The number of hydrogen-bond donors (Lipinski definition) is 2. The quantitative estimate of drug-likeness (QED) is 0.737. The van der Waals surface area contributed by atoms with Crippen molar-refractivity contribution in [3.63, 3.8) is 0 Å². The van der Waals surface area contributed by atoms with Gasteiger partial charge >= 0.3 is 0 Å². The lowest BCUT2D eigenvalue weighted by Gasteiger charge is -2.15. The number of carbonyl (C=O) groups is 1. The molecule has 3 N–H and O–H groups in total. The van der Waals surface area contributed by atoms with E-state index < -0.39 is 0 Å². The van der Waals surface area contributed by atoms with E-state index in [1.165, 1.54) is 0 Å². The van der Waals surface area contributed by atoms with E-state index in [1.807, 2.05) is 17.9 Å². The molecule has 0 atom stereocenters. The normalized spacial score (nSPS) is 15.1. The van der Waals surface area contributed by atoms with Crippen LogP contribution in [0, 0.1) is 6.92 Å². The molecule has 1 aliphatic rings. The predicted molar refractivity (Wildman–Crippen MR) is 73.6 cm³/mol. The van der Waals surface area contributed by atoms with Gasteiger partial charge in [0.1, 0.15) is 11.6 Å². The van der Waals surface area contributed by atoms with E-state index >= 15 is 0 Å². The molecule has 0 bridgehead atoms. The maximum atomic E-state index is 11.4. The molecule has 0 spiro atoms. The number of nitrogens with zero attached hydrogens (tertiary/aromatic N) is 3. The summed E-state index contributed by atoms with van der Waals surface area (Å²) >= 11 is 0. The first-order valence-electron chi connectivity index (χ1n) is 6.75. The van der Waals surface area contributed by atoms with Crippen LogP contribution in [-0.4, -0.2) is 40.4 Å². The third-order valence-corrected chi connectivity index (χ3v) is 3.18. The predicted octanol–water partition coefficient (Wildman–Crippen LogP) is 0.668. The summed E-state index contributed by atoms with van der Waals surface area (Å²) in [6.45, 7) is 4.79. The second-order valence-corrected chi connectivity index (χ2v) is 4.76. The Bertz CT molecular complexity index is 449. The molecule has 6 heteroatoms. The number of likely N-dealkylation sites (tertiary alicyclic amines) is 1. The van der Waals surface area contributed by atoms with Gasteiger partial charge in [-0.25, -0.2) is 9.97 Å². The molecule has 1 aromatic rings. The molecule has 0 unspecified atom stereocenters. The van der Waals surface area contributed by atoms with Gasteiger partial charge in [-0.1, -0.05) is 0 Å². The summed E-state index contributed by atoms with van der Waals surface area (Å²) in [6, 6.07) is 1.87. The summed E-state index contributed by atoms with van der Waals surface area (Å²) in [5.41, 5.74) is 6.42. The van der Waals surface area contributed by atoms with E-state index in [0.29, 0.717) is 13.0 Å². The van der Waals surface area contributed by atoms with Crippen LogP contribution in [-0.2, 0) is 11.3 Å². The van der Waals surface area contributed by atoms with Gasteiger partial charge < -0.3 is 16.0 Å². The number of aryl methyl sites for hydroxylation is 1. The third-order valence-electron chi connectivity index (χ3n) is 3.18. The number of aromatic nitrogens is 2. The van der Waals surface area contributed by atoms with Gasteiger partial charge in [0.15, 0.2) is 0 Å². The van der Waals surface area contributed by atoms with Crippen molar-refractivity contribution in [3.05, 3.63) is 17.6 Å². The first-order valence-corrected chi connectivity index (χ1v) is 6.75. The Morgan fingerprint density at radius 2 is 2.32 bits per heavy atom. The highest BCUT2D eigenvalue weighted by Crippen LogP contribution is 2.10.